The van der Waals surface area contributed by atoms with Crippen molar-refractivity contribution in [3.8, 4) is 0 Å². The molecule has 222 valence electrons. The number of aliphatic hydroxyl groups is 1. The first-order valence-electron chi connectivity index (χ1n) is 11.3. The molecule has 0 saturated carbocycles. The van der Waals surface area contributed by atoms with Crippen LogP contribution in [0.4, 0.5) is 0 Å². The molecule has 4 amide bonds. The van der Waals surface area contributed by atoms with E-state index in [2.05, 4.69) is 20.9 Å². The summed E-state index contributed by atoms with van der Waals surface area (Å²) in [6.07, 6.45) is -0.513. The van der Waals surface area contributed by atoms with Gasteiger partial charge in [0.2, 0.25) is 23.6 Å². The van der Waals surface area contributed by atoms with Crippen molar-refractivity contribution in [2.45, 2.75) is 50.7 Å². The molecule has 39 heavy (non-hydrogen) atoms. The van der Waals surface area contributed by atoms with Crippen LogP contribution in [0.15, 0.2) is 4.99 Å². The molecule has 0 aliphatic rings. The van der Waals surface area contributed by atoms with E-state index in [9.17, 15) is 28.8 Å². The second kappa shape index (κ2) is 20.5. The van der Waals surface area contributed by atoms with Gasteiger partial charge in [-0.15, -0.1) is 0 Å². The monoisotopic (exact) mass is 564 g/mol. The SMILES string of the molecule is CC(=O)O.NCC(=O)NC(CCCN=C(N)N)C(=O)NCC(=O)NC(CCC(=O)O)C(=O)NC(CO)C(=O)O. The average Bonchev–Trinajstić information content (AvgIpc) is 2.84. The minimum Gasteiger partial charge on any atom is -0.481 e. The minimum absolute atomic E-state index is 0.108. The number of carboxylic acid groups (broad SMARTS) is 3. The smallest absolute Gasteiger partial charge is 0.328 e. The van der Waals surface area contributed by atoms with Gasteiger partial charge in [-0.3, -0.25) is 33.8 Å². The minimum atomic E-state index is -1.67. The van der Waals surface area contributed by atoms with Crippen molar-refractivity contribution in [3.63, 3.8) is 0 Å². The number of rotatable bonds is 17. The zero-order valence-electron chi connectivity index (χ0n) is 21.2. The zero-order valence-corrected chi connectivity index (χ0v) is 21.2. The van der Waals surface area contributed by atoms with Crippen LogP contribution in [-0.2, 0) is 33.6 Å². The normalized spacial score (nSPS) is 12.2. The van der Waals surface area contributed by atoms with Crippen LogP contribution in [0, 0.1) is 0 Å². The van der Waals surface area contributed by atoms with Gasteiger partial charge in [0.05, 0.1) is 19.7 Å². The molecule has 0 aromatic heterocycles. The average molecular weight is 565 g/mol. The largest absolute Gasteiger partial charge is 0.481 e. The van der Waals surface area contributed by atoms with Gasteiger partial charge in [-0.05, 0) is 19.3 Å². The lowest BCUT2D eigenvalue weighted by Gasteiger charge is -2.21. The first-order valence-corrected chi connectivity index (χ1v) is 11.3. The van der Waals surface area contributed by atoms with Crippen LogP contribution in [0.2, 0.25) is 0 Å². The molecule has 0 heterocycles. The Bertz CT molecular complexity index is 889. The molecular weight excluding hydrogens is 528 g/mol. The fraction of sp³-hybridized carbons (Fsp3) is 0.600. The number of hydrogen-bond acceptors (Lipinski definition) is 10. The highest BCUT2D eigenvalue weighted by atomic mass is 16.4. The molecule has 0 rings (SSSR count). The Morgan fingerprint density at radius 3 is 1.82 bits per heavy atom. The molecule has 19 nitrogen and oxygen atoms in total. The number of aliphatic imine (C=N–C) groups is 1. The highest BCUT2D eigenvalue weighted by Gasteiger charge is 2.27. The summed E-state index contributed by atoms with van der Waals surface area (Å²) >= 11 is 0. The van der Waals surface area contributed by atoms with Crippen molar-refractivity contribution in [1.82, 2.24) is 21.3 Å². The first-order chi connectivity index (χ1) is 18.1. The van der Waals surface area contributed by atoms with Gasteiger partial charge >= 0.3 is 11.9 Å². The molecule has 0 aromatic rings. The number of guanidine groups is 1. The van der Waals surface area contributed by atoms with Crippen LogP contribution in [0.3, 0.4) is 0 Å². The van der Waals surface area contributed by atoms with E-state index in [1.54, 1.807) is 0 Å². The summed E-state index contributed by atoms with van der Waals surface area (Å²) in [5, 5.41) is 43.0. The molecule has 3 atom stereocenters. The van der Waals surface area contributed by atoms with E-state index in [4.69, 9.17) is 42.4 Å². The van der Waals surface area contributed by atoms with Gasteiger partial charge < -0.3 is 58.9 Å². The summed E-state index contributed by atoms with van der Waals surface area (Å²) in [6, 6.07) is -4.20. The standard InChI is InChI=1S/C18H32N8O9.C2H4O2/c19-6-12(28)24-9(2-1-5-22-18(20)21)15(32)23-7-13(29)25-10(3-4-14(30)31)16(33)26-11(8-27)17(34)35;1-2(3)4/h9-11,27H,1-8,19H2,(H,23,32)(H,24,28)(H,25,29)(H,26,33)(H,30,31)(H,34,35)(H4,20,21,22);1H3,(H,3,4). The number of nitrogens with zero attached hydrogens (tertiary/aromatic N) is 1. The Hall–Kier alpha value is -4.52. The van der Waals surface area contributed by atoms with Gasteiger partial charge in [-0.1, -0.05) is 0 Å². The zero-order chi connectivity index (χ0) is 30.5. The molecule has 0 spiro atoms. The van der Waals surface area contributed by atoms with E-state index in [-0.39, 0.29) is 25.5 Å². The first kappa shape index (κ1) is 36.6. The topological polar surface area (TPSA) is 339 Å². The molecule has 0 aliphatic carbocycles. The number of aliphatic hydroxyl groups excluding tert-OH is 1. The number of aliphatic carboxylic acids is 3. The van der Waals surface area contributed by atoms with Crippen LogP contribution in [0.25, 0.3) is 0 Å². The van der Waals surface area contributed by atoms with Crippen molar-refractivity contribution < 1.29 is 54.0 Å². The van der Waals surface area contributed by atoms with Gasteiger partial charge in [0.25, 0.3) is 5.97 Å². The Kier molecular flexibility index (Phi) is 19.3. The van der Waals surface area contributed by atoms with E-state index in [1.165, 1.54) is 0 Å². The van der Waals surface area contributed by atoms with E-state index < -0.39 is 85.7 Å². The summed E-state index contributed by atoms with van der Waals surface area (Å²) in [4.78, 5) is 83.2. The Labute approximate surface area is 222 Å². The number of carbonyl (C=O) groups excluding carboxylic acids is 4. The second-order valence-corrected chi connectivity index (χ2v) is 7.64. The van der Waals surface area contributed by atoms with Crippen molar-refractivity contribution in [3.05, 3.63) is 0 Å². The lowest BCUT2D eigenvalue weighted by molar-refractivity contribution is -0.144. The fourth-order valence-corrected chi connectivity index (χ4v) is 2.56. The summed E-state index contributed by atoms with van der Waals surface area (Å²) in [7, 11) is 0. The number of amides is 4. The maximum atomic E-state index is 12.4. The molecule has 0 fully saturated rings. The van der Waals surface area contributed by atoms with E-state index in [0.29, 0.717) is 6.42 Å². The number of nitrogens with one attached hydrogen (secondary N) is 4. The third-order valence-corrected chi connectivity index (χ3v) is 4.30. The maximum Gasteiger partial charge on any atom is 0.328 e. The predicted octanol–water partition coefficient (Wildman–Crippen LogP) is -5.40. The molecule has 0 aromatic carbocycles. The lowest BCUT2D eigenvalue weighted by atomic mass is 10.1. The highest BCUT2D eigenvalue weighted by Crippen LogP contribution is 2.01. The Morgan fingerprint density at radius 1 is 0.821 bits per heavy atom. The molecule has 0 saturated heterocycles. The molecule has 0 aliphatic heterocycles. The van der Waals surface area contributed by atoms with Crippen molar-refractivity contribution in [1.29, 1.82) is 0 Å². The molecule has 14 N–H and O–H groups in total. The summed E-state index contributed by atoms with van der Waals surface area (Å²) in [5.74, 6) is -7.11. The summed E-state index contributed by atoms with van der Waals surface area (Å²) in [6.45, 7) is -0.711. The van der Waals surface area contributed by atoms with Crippen molar-refractivity contribution in [2.75, 3.05) is 26.2 Å². The summed E-state index contributed by atoms with van der Waals surface area (Å²) in [5.41, 5.74) is 15.7. The van der Waals surface area contributed by atoms with Crippen molar-refractivity contribution in [2.24, 2.45) is 22.2 Å². The van der Waals surface area contributed by atoms with Crippen LogP contribution < -0.4 is 38.5 Å². The van der Waals surface area contributed by atoms with Crippen LogP contribution >= 0.6 is 0 Å². The third kappa shape index (κ3) is 20.2. The quantitative estimate of drug-likeness (QED) is 0.0446. The number of carbonyl (C=O) groups is 7. The highest BCUT2D eigenvalue weighted by molar-refractivity contribution is 5.93. The van der Waals surface area contributed by atoms with Gasteiger partial charge in [-0.2, -0.15) is 0 Å². The lowest BCUT2D eigenvalue weighted by Crippen LogP contribution is -2.55. The predicted molar refractivity (Wildman–Crippen MR) is 133 cm³/mol. The van der Waals surface area contributed by atoms with Gasteiger partial charge in [0.15, 0.2) is 5.96 Å². The van der Waals surface area contributed by atoms with Gasteiger partial charge in [0.1, 0.15) is 18.1 Å². The van der Waals surface area contributed by atoms with Crippen LogP contribution in [-0.4, -0.2) is 112 Å². The van der Waals surface area contributed by atoms with Crippen LogP contribution in [0.5, 0.6) is 0 Å². The Balaban J connectivity index is 0. The number of nitrogens with two attached hydrogens (primary N) is 3. The molecule has 0 radical (unpaired) electrons. The van der Waals surface area contributed by atoms with E-state index in [1.807, 2.05) is 5.32 Å². The van der Waals surface area contributed by atoms with Gasteiger partial charge in [0, 0.05) is 19.9 Å². The maximum absolute atomic E-state index is 12.4. The number of hydrogen-bond donors (Lipinski definition) is 11. The molecular formula is C20H36N8O11. The molecule has 19 heteroatoms. The number of carboxylic acids is 3. The van der Waals surface area contributed by atoms with Crippen LogP contribution in [0.1, 0.15) is 32.6 Å². The molecule has 3 unspecified atom stereocenters. The molecule has 0 bridgehead atoms. The van der Waals surface area contributed by atoms with Crippen molar-refractivity contribution >= 4 is 47.5 Å². The summed E-state index contributed by atoms with van der Waals surface area (Å²) < 4.78 is 0. The fourth-order valence-electron chi connectivity index (χ4n) is 2.56. The van der Waals surface area contributed by atoms with E-state index in [0.717, 1.165) is 6.92 Å². The van der Waals surface area contributed by atoms with Gasteiger partial charge in [-0.25, -0.2) is 4.79 Å². The third-order valence-electron chi connectivity index (χ3n) is 4.30. The Morgan fingerprint density at radius 2 is 1.36 bits per heavy atom. The second-order valence-electron chi connectivity index (χ2n) is 7.64. The van der Waals surface area contributed by atoms with E-state index >= 15 is 0 Å².